The van der Waals surface area contributed by atoms with Crippen LogP contribution in [-0.4, -0.2) is 57.7 Å². The molecular formula is C26H33ClN6O. The number of benzene rings is 1. The molecule has 1 aromatic carbocycles. The van der Waals surface area contributed by atoms with Gasteiger partial charge in [-0.15, -0.1) is 0 Å². The van der Waals surface area contributed by atoms with Gasteiger partial charge in [0.15, 0.2) is 0 Å². The minimum absolute atomic E-state index is 0.0775. The summed E-state index contributed by atoms with van der Waals surface area (Å²) in [4.78, 5) is 23.3. The van der Waals surface area contributed by atoms with Gasteiger partial charge in [0.25, 0.3) is 0 Å². The summed E-state index contributed by atoms with van der Waals surface area (Å²) in [6.07, 6.45) is 5.19. The number of likely N-dealkylation sites (tertiary alicyclic amines) is 1. The highest BCUT2D eigenvalue weighted by molar-refractivity contribution is 6.31. The monoisotopic (exact) mass is 480 g/mol. The van der Waals surface area contributed by atoms with Crippen molar-refractivity contribution >= 4 is 17.5 Å². The Morgan fingerprint density at radius 1 is 1.21 bits per heavy atom. The Labute approximate surface area is 206 Å². The summed E-state index contributed by atoms with van der Waals surface area (Å²) < 4.78 is 0. The van der Waals surface area contributed by atoms with Crippen LogP contribution >= 0.6 is 11.6 Å². The van der Waals surface area contributed by atoms with Crippen LogP contribution in [0.4, 0.5) is 0 Å². The molecule has 2 N–H and O–H groups in total. The summed E-state index contributed by atoms with van der Waals surface area (Å²) in [5, 5.41) is 10.6. The van der Waals surface area contributed by atoms with Crippen molar-refractivity contribution in [3.63, 3.8) is 0 Å². The molecule has 34 heavy (non-hydrogen) atoms. The average molecular weight is 481 g/mol. The SMILES string of the molecule is CNC(=O)CN1CCC[C@@H](c2cc(C)c(Cc3ncc(Cl)c(Cc4cc(C)[nH]n4)n3)cc2C)C1. The Kier molecular flexibility index (Phi) is 7.63. The number of carbonyl (C=O) groups excluding carboxylic acids is 1. The Morgan fingerprint density at radius 2 is 2.03 bits per heavy atom. The second-order valence-corrected chi connectivity index (χ2v) is 9.77. The van der Waals surface area contributed by atoms with Crippen molar-refractivity contribution in [1.82, 2.24) is 30.4 Å². The molecule has 3 heterocycles. The van der Waals surface area contributed by atoms with E-state index in [4.69, 9.17) is 16.6 Å². The highest BCUT2D eigenvalue weighted by Gasteiger charge is 2.24. The van der Waals surface area contributed by atoms with Crippen molar-refractivity contribution in [1.29, 1.82) is 0 Å². The van der Waals surface area contributed by atoms with Crippen molar-refractivity contribution in [2.45, 2.75) is 52.4 Å². The number of nitrogens with zero attached hydrogens (tertiary/aromatic N) is 4. The number of rotatable bonds is 7. The normalized spacial score (nSPS) is 16.6. The van der Waals surface area contributed by atoms with E-state index in [0.29, 0.717) is 30.3 Å². The molecule has 0 bridgehead atoms. The van der Waals surface area contributed by atoms with Crippen LogP contribution in [0.5, 0.6) is 0 Å². The van der Waals surface area contributed by atoms with Gasteiger partial charge in [0, 0.05) is 38.3 Å². The van der Waals surface area contributed by atoms with Crippen molar-refractivity contribution in [2.24, 2.45) is 0 Å². The lowest BCUT2D eigenvalue weighted by Gasteiger charge is -2.33. The van der Waals surface area contributed by atoms with E-state index in [0.717, 1.165) is 48.8 Å². The largest absolute Gasteiger partial charge is 0.358 e. The number of likely N-dealkylation sites (N-methyl/N-ethyl adjacent to an activating group) is 1. The quantitative estimate of drug-likeness (QED) is 0.535. The Balaban J connectivity index is 1.50. The number of aryl methyl sites for hydroxylation is 3. The molecule has 0 aliphatic carbocycles. The van der Waals surface area contributed by atoms with E-state index in [2.05, 4.69) is 51.4 Å². The van der Waals surface area contributed by atoms with Crippen LogP contribution in [0.3, 0.4) is 0 Å². The summed E-state index contributed by atoms with van der Waals surface area (Å²) in [7, 11) is 1.70. The third kappa shape index (κ3) is 5.83. The van der Waals surface area contributed by atoms with Gasteiger partial charge in [-0.1, -0.05) is 23.7 Å². The Hall–Kier alpha value is -2.77. The molecule has 2 aromatic heterocycles. The summed E-state index contributed by atoms with van der Waals surface area (Å²) in [6.45, 7) is 8.69. The highest BCUT2D eigenvalue weighted by Crippen LogP contribution is 2.31. The van der Waals surface area contributed by atoms with Gasteiger partial charge >= 0.3 is 0 Å². The zero-order valence-electron chi connectivity index (χ0n) is 20.4. The summed E-state index contributed by atoms with van der Waals surface area (Å²) in [6, 6.07) is 6.60. The summed E-state index contributed by atoms with van der Waals surface area (Å²) >= 11 is 6.38. The van der Waals surface area contributed by atoms with Gasteiger partial charge < -0.3 is 5.32 Å². The lowest BCUT2D eigenvalue weighted by molar-refractivity contribution is -0.122. The van der Waals surface area contributed by atoms with Crippen molar-refractivity contribution in [2.75, 3.05) is 26.7 Å². The Bertz CT molecular complexity index is 1170. The molecule has 0 unspecified atom stereocenters. The van der Waals surface area contributed by atoms with Gasteiger partial charge in [-0.3, -0.25) is 14.8 Å². The fraction of sp³-hybridized carbons (Fsp3) is 0.462. The van der Waals surface area contributed by atoms with E-state index in [9.17, 15) is 4.79 Å². The number of hydrogen-bond donors (Lipinski definition) is 2. The molecule has 1 atom stereocenters. The highest BCUT2D eigenvalue weighted by atomic mass is 35.5. The van der Waals surface area contributed by atoms with Gasteiger partial charge in [0.1, 0.15) is 5.82 Å². The topological polar surface area (TPSA) is 86.8 Å². The number of piperidine rings is 1. The first-order valence-corrected chi connectivity index (χ1v) is 12.2. The van der Waals surface area contributed by atoms with Crippen LogP contribution < -0.4 is 5.32 Å². The number of amides is 1. The number of nitrogens with one attached hydrogen (secondary N) is 2. The van der Waals surface area contributed by atoms with Crippen LogP contribution in [0.2, 0.25) is 5.02 Å². The average Bonchev–Trinajstić information content (AvgIpc) is 3.22. The zero-order valence-corrected chi connectivity index (χ0v) is 21.2. The van der Waals surface area contributed by atoms with Crippen LogP contribution in [0, 0.1) is 20.8 Å². The minimum Gasteiger partial charge on any atom is -0.358 e. The predicted octanol–water partition coefficient (Wildman–Crippen LogP) is 3.89. The van der Waals surface area contributed by atoms with E-state index in [1.807, 2.05) is 13.0 Å². The molecule has 0 saturated carbocycles. The molecule has 180 valence electrons. The van der Waals surface area contributed by atoms with Gasteiger partial charge in [0.2, 0.25) is 5.91 Å². The van der Waals surface area contributed by atoms with Gasteiger partial charge in [-0.05, 0) is 74.4 Å². The van der Waals surface area contributed by atoms with E-state index in [1.165, 1.54) is 22.3 Å². The molecule has 4 rings (SSSR count). The molecule has 1 aliphatic heterocycles. The van der Waals surface area contributed by atoms with Crippen LogP contribution in [0.15, 0.2) is 24.4 Å². The first-order chi connectivity index (χ1) is 16.3. The first kappa shape index (κ1) is 24.4. The predicted molar refractivity (Wildman–Crippen MR) is 134 cm³/mol. The lowest BCUT2D eigenvalue weighted by Crippen LogP contribution is -2.41. The van der Waals surface area contributed by atoms with E-state index < -0.39 is 0 Å². The van der Waals surface area contributed by atoms with E-state index in [-0.39, 0.29) is 5.91 Å². The fourth-order valence-electron chi connectivity index (χ4n) is 4.82. The second kappa shape index (κ2) is 10.7. The van der Waals surface area contributed by atoms with Gasteiger partial charge in [0.05, 0.1) is 23.0 Å². The fourth-order valence-corrected chi connectivity index (χ4v) is 4.98. The number of H-pyrrole nitrogens is 1. The summed E-state index contributed by atoms with van der Waals surface area (Å²) in [5.41, 5.74) is 7.86. The maximum atomic E-state index is 11.8. The maximum absolute atomic E-state index is 11.8. The molecule has 7 nitrogen and oxygen atoms in total. The second-order valence-electron chi connectivity index (χ2n) is 9.36. The molecule has 1 fully saturated rings. The minimum atomic E-state index is 0.0775. The zero-order chi connectivity index (χ0) is 24.2. The molecule has 3 aromatic rings. The molecule has 0 radical (unpaired) electrons. The number of carbonyl (C=O) groups is 1. The third-order valence-corrected chi connectivity index (χ3v) is 6.95. The molecule has 8 heteroatoms. The van der Waals surface area contributed by atoms with Crippen LogP contribution in [0.25, 0.3) is 0 Å². The van der Waals surface area contributed by atoms with Crippen molar-refractivity contribution in [3.8, 4) is 0 Å². The first-order valence-electron chi connectivity index (χ1n) is 11.9. The van der Waals surface area contributed by atoms with E-state index >= 15 is 0 Å². The van der Waals surface area contributed by atoms with Gasteiger partial charge in [-0.2, -0.15) is 5.10 Å². The van der Waals surface area contributed by atoms with Crippen molar-refractivity contribution < 1.29 is 4.79 Å². The number of aromatic amines is 1. The lowest BCUT2D eigenvalue weighted by atomic mass is 9.85. The van der Waals surface area contributed by atoms with Crippen LogP contribution in [-0.2, 0) is 17.6 Å². The van der Waals surface area contributed by atoms with Gasteiger partial charge in [-0.25, -0.2) is 9.97 Å². The van der Waals surface area contributed by atoms with E-state index in [1.54, 1.807) is 13.2 Å². The Morgan fingerprint density at radius 3 is 2.76 bits per heavy atom. The summed E-state index contributed by atoms with van der Waals surface area (Å²) in [5.74, 6) is 1.28. The number of halogens is 1. The molecule has 1 aliphatic rings. The standard InChI is InChI=1S/C26H33ClN6O/c1-16-9-22(19-6-5-7-33(14-19)15-26(34)28-4)17(2)8-20(16)11-25-29-13-23(27)24(30-25)12-21-10-18(3)31-32-21/h8-10,13,19H,5-7,11-12,14-15H2,1-4H3,(H,28,34)(H,31,32)/t19-/m1/s1. The van der Waals surface area contributed by atoms with Crippen LogP contribution in [0.1, 0.15) is 63.9 Å². The molecule has 1 saturated heterocycles. The molecule has 1 amide bonds. The molecule has 0 spiro atoms. The smallest absolute Gasteiger partial charge is 0.233 e. The van der Waals surface area contributed by atoms with Crippen molar-refractivity contribution in [3.05, 3.63) is 74.6 Å². The third-order valence-electron chi connectivity index (χ3n) is 6.64. The number of aromatic nitrogens is 4. The number of hydrogen-bond acceptors (Lipinski definition) is 5. The maximum Gasteiger partial charge on any atom is 0.233 e. The molecular weight excluding hydrogens is 448 g/mol.